The van der Waals surface area contributed by atoms with E-state index >= 15 is 0 Å². The molecule has 1 aromatic heterocycles. The molecule has 1 aromatic carbocycles. The first-order chi connectivity index (χ1) is 11.3. The lowest BCUT2D eigenvalue weighted by Crippen LogP contribution is -2.33. The molecule has 8 heteroatoms. The van der Waals surface area contributed by atoms with Gasteiger partial charge in [-0.1, -0.05) is 17.7 Å². The van der Waals surface area contributed by atoms with Crippen molar-refractivity contribution in [3.8, 4) is 0 Å². The molecule has 2 heterocycles. The van der Waals surface area contributed by atoms with Crippen molar-refractivity contribution in [1.29, 1.82) is 0 Å². The predicted octanol–water partition coefficient (Wildman–Crippen LogP) is 2.81. The van der Waals surface area contributed by atoms with Crippen LogP contribution < -0.4 is 10.2 Å². The van der Waals surface area contributed by atoms with Crippen LogP contribution >= 0.6 is 11.6 Å². The highest BCUT2D eigenvalue weighted by atomic mass is 35.5. The predicted molar refractivity (Wildman–Crippen MR) is 97.0 cm³/mol. The highest BCUT2D eigenvalue weighted by Crippen LogP contribution is 2.25. The number of anilines is 3. The van der Waals surface area contributed by atoms with E-state index in [0.29, 0.717) is 23.2 Å². The summed E-state index contributed by atoms with van der Waals surface area (Å²) in [5.41, 5.74) is 1.87. The van der Waals surface area contributed by atoms with Gasteiger partial charge in [0.2, 0.25) is 5.95 Å². The third kappa shape index (κ3) is 3.79. The summed E-state index contributed by atoms with van der Waals surface area (Å²) in [7, 11) is -1.07. The van der Waals surface area contributed by atoms with Gasteiger partial charge in [0.05, 0.1) is 11.5 Å². The topological polar surface area (TPSA) is 75.2 Å². The van der Waals surface area contributed by atoms with Crippen LogP contribution in [0, 0.1) is 6.92 Å². The summed E-state index contributed by atoms with van der Waals surface area (Å²) in [6, 6.07) is 7.30. The lowest BCUT2D eigenvalue weighted by molar-refractivity contribution is 0.600. The largest absolute Gasteiger partial charge is 0.355 e. The van der Waals surface area contributed by atoms with E-state index in [1.54, 1.807) is 12.3 Å². The van der Waals surface area contributed by atoms with Gasteiger partial charge >= 0.3 is 0 Å². The Balaban J connectivity index is 1.80. The van der Waals surface area contributed by atoms with Crippen LogP contribution in [0.2, 0.25) is 5.02 Å². The maximum absolute atomic E-state index is 11.7. The molecular weight excluding hydrogens is 348 g/mol. The lowest BCUT2D eigenvalue weighted by atomic mass is 10.2. The maximum atomic E-state index is 11.7. The number of aryl methyl sites for hydroxylation is 1. The van der Waals surface area contributed by atoms with E-state index < -0.39 is 9.84 Å². The molecule has 1 aliphatic heterocycles. The quantitative estimate of drug-likeness (QED) is 0.896. The van der Waals surface area contributed by atoms with Crippen LogP contribution in [-0.2, 0) is 9.84 Å². The number of hydrogen-bond acceptors (Lipinski definition) is 6. The van der Waals surface area contributed by atoms with Gasteiger partial charge in [0, 0.05) is 30.0 Å². The van der Waals surface area contributed by atoms with E-state index in [9.17, 15) is 8.42 Å². The average molecular weight is 367 g/mol. The van der Waals surface area contributed by atoms with Gasteiger partial charge in [0.25, 0.3) is 0 Å². The number of rotatable bonds is 4. The Hall–Kier alpha value is -1.86. The summed E-state index contributed by atoms with van der Waals surface area (Å²) in [5, 5.41) is 3.80. The van der Waals surface area contributed by atoms with Gasteiger partial charge < -0.3 is 10.2 Å². The lowest BCUT2D eigenvalue weighted by Gasteiger charge is -2.24. The van der Waals surface area contributed by atoms with E-state index in [2.05, 4.69) is 15.3 Å². The first kappa shape index (κ1) is 17.0. The summed E-state index contributed by atoms with van der Waals surface area (Å²) in [4.78, 5) is 10.6. The van der Waals surface area contributed by atoms with Crippen LogP contribution in [-0.4, -0.2) is 43.0 Å². The van der Waals surface area contributed by atoms with Crippen LogP contribution in [0.15, 0.2) is 30.5 Å². The van der Waals surface area contributed by atoms with Gasteiger partial charge in [-0.15, -0.1) is 0 Å². The Labute approximate surface area is 146 Å². The molecule has 0 amide bonds. The molecule has 3 rings (SSSR count). The molecule has 1 fully saturated rings. The van der Waals surface area contributed by atoms with Gasteiger partial charge in [0.1, 0.15) is 5.82 Å². The minimum atomic E-state index is -2.93. The fourth-order valence-electron chi connectivity index (χ4n) is 2.72. The molecule has 1 unspecified atom stereocenters. The van der Waals surface area contributed by atoms with Crippen molar-refractivity contribution in [3.63, 3.8) is 0 Å². The zero-order valence-corrected chi connectivity index (χ0v) is 15.1. The Morgan fingerprint density at radius 1 is 1.33 bits per heavy atom. The number of nitrogens with one attached hydrogen (secondary N) is 1. The third-order valence-corrected chi connectivity index (χ3v) is 6.19. The van der Waals surface area contributed by atoms with Crippen LogP contribution in [0.4, 0.5) is 17.5 Å². The molecule has 0 aliphatic carbocycles. The first-order valence-corrected chi connectivity index (χ1v) is 9.83. The highest BCUT2D eigenvalue weighted by molar-refractivity contribution is 7.91. The fourth-order valence-corrected chi connectivity index (χ4v) is 4.67. The summed E-state index contributed by atoms with van der Waals surface area (Å²) >= 11 is 6.03. The molecule has 1 N–H and O–H groups in total. The minimum absolute atomic E-state index is 0.0503. The molecule has 1 atom stereocenters. The molecule has 24 heavy (non-hydrogen) atoms. The van der Waals surface area contributed by atoms with Crippen LogP contribution in [0.1, 0.15) is 12.0 Å². The monoisotopic (exact) mass is 366 g/mol. The molecule has 0 bridgehead atoms. The van der Waals surface area contributed by atoms with E-state index in [1.807, 2.05) is 37.1 Å². The second-order valence-electron chi connectivity index (χ2n) is 5.99. The summed E-state index contributed by atoms with van der Waals surface area (Å²) in [6.07, 6.45) is 2.28. The summed E-state index contributed by atoms with van der Waals surface area (Å²) in [5.74, 6) is 1.55. The normalized spacial score (nSPS) is 19.2. The molecule has 0 radical (unpaired) electrons. The van der Waals surface area contributed by atoms with Gasteiger partial charge in [-0.2, -0.15) is 4.98 Å². The Morgan fingerprint density at radius 3 is 2.83 bits per heavy atom. The number of halogens is 1. The molecule has 128 valence electrons. The van der Waals surface area contributed by atoms with Gasteiger partial charge in [-0.25, -0.2) is 13.4 Å². The van der Waals surface area contributed by atoms with Gasteiger partial charge in [0.15, 0.2) is 9.84 Å². The summed E-state index contributed by atoms with van der Waals surface area (Å²) in [6.45, 7) is 1.97. The minimum Gasteiger partial charge on any atom is -0.355 e. The van der Waals surface area contributed by atoms with Crippen molar-refractivity contribution < 1.29 is 8.42 Å². The van der Waals surface area contributed by atoms with E-state index in [4.69, 9.17) is 11.6 Å². The van der Waals surface area contributed by atoms with Crippen LogP contribution in [0.25, 0.3) is 0 Å². The second-order valence-corrected chi connectivity index (χ2v) is 8.66. The zero-order valence-electron chi connectivity index (χ0n) is 13.5. The smallest absolute Gasteiger partial charge is 0.229 e. The fraction of sp³-hybridized carbons (Fsp3) is 0.375. The SMILES string of the molecule is Cc1ccc(Cl)cc1Nc1nccc(N(C)C2CCS(=O)(=O)C2)n1. The van der Waals surface area contributed by atoms with Crippen molar-refractivity contribution in [3.05, 3.63) is 41.0 Å². The number of hydrogen-bond donors (Lipinski definition) is 1. The van der Waals surface area contributed by atoms with Crippen molar-refractivity contribution in [1.82, 2.24) is 9.97 Å². The van der Waals surface area contributed by atoms with Gasteiger partial charge in [-0.05, 0) is 37.1 Å². The molecule has 6 nitrogen and oxygen atoms in total. The van der Waals surface area contributed by atoms with Crippen molar-refractivity contribution >= 4 is 38.9 Å². The highest BCUT2D eigenvalue weighted by Gasteiger charge is 2.31. The van der Waals surface area contributed by atoms with Crippen molar-refractivity contribution in [2.24, 2.45) is 0 Å². The summed E-state index contributed by atoms with van der Waals surface area (Å²) < 4.78 is 23.3. The molecule has 0 spiro atoms. The van der Waals surface area contributed by atoms with Crippen molar-refractivity contribution in [2.45, 2.75) is 19.4 Å². The van der Waals surface area contributed by atoms with E-state index in [1.165, 1.54) is 0 Å². The Kier molecular flexibility index (Phi) is 4.64. The third-order valence-electron chi connectivity index (χ3n) is 4.20. The van der Waals surface area contributed by atoms with Crippen LogP contribution in [0.5, 0.6) is 0 Å². The number of sulfone groups is 1. The first-order valence-electron chi connectivity index (χ1n) is 7.63. The second kappa shape index (κ2) is 6.57. The zero-order chi connectivity index (χ0) is 17.3. The van der Waals surface area contributed by atoms with Crippen LogP contribution in [0.3, 0.4) is 0 Å². The van der Waals surface area contributed by atoms with E-state index in [-0.39, 0.29) is 17.5 Å². The number of benzene rings is 1. The average Bonchev–Trinajstić information content (AvgIpc) is 2.90. The molecular formula is C16H19ClN4O2S. The Morgan fingerprint density at radius 2 is 2.12 bits per heavy atom. The molecule has 0 saturated carbocycles. The number of aromatic nitrogens is 2. The number of nitrogens with zero attached hydrogens (tertiary/aromatic N) is 3. The maximum Gasteiger partial charge on any atom is 0.229 e. The van der Waals surface area contributed by atoms with E-state index in [0.717, 1.165) is 11.3 Å². The standard InChI is InChI=1S/C16H19ClN4O2S/c1-11-3-4-12(17)9-14(11)19-16-18-7-5-15(20-16)21(2)13-6-8-24(22,23)10-13/h3-5,7,9,13H,6,8,10H2,1-2H3,(H,18,19,20). The molecule has 1 aliphatic rings. The van der Waals surface area contributed by atoms with Crippen molar-refractivity contribution in [2.75, 3.05) is 28.8 Å². The van der Waals surface area contributed by atoms with Gasteiger partial charge in [-0.3, -0.25) is 0 Å². The molecule has 1 saturated heterocycles. The molecule has 2 aromatic rings. The Bertz CT molecular complexity index is 857.